The number of carbonyl (C=O) groups is 1. The minimum atomic E-state index is -0.136. The first-order chi connectivity index (χ1) is 8.81. The van der Waals surface area contributed by atoms with Gasteiger partial charge in [0.2, 0.25) is 5.91 Å². The number of amides is 1. The minimum absolute atomic E-state index is 0.136. The molecule has 1 heterocycles. The van der Waals surface area contributed by atoms with E-state index in [0.717, 1.165) is 19.6 Å². The molecule has 2 atom stereocenters. The number of hydrogen-bond donors (Lipinski definition) is 2. The zero-order valence-corrected chi connectivity index (χ0v) is 13.3. The van der Waals surface area contributed by atoms with Gasteiger partial charge in [-0.3, -0.25) is 9.69 Å². The van der Waals surface area contributed by atoms with Crippen molar-refractivity contribution >= 4 is 5.91 Å². The van der Waals surface area contributed by atoms with Gasteiger partial charge < -0.3 is 10.6 Å². The van der Waals surface area contributed by atoms with Gasteiger partial charge in [-0.25, -0.2) is 0 Å². The summed E-state index contributed by atoms with van der Waals surface area (Å²) in [7, 11) is 0. The van der Waals surface area contributed by atoms with Crippen LogP contribution in [0.1, 0.15) is 47.5 Å². The van der Waals surface area contributed by atoms with Crippen LogP contribution in [-0.2, 0) is 4.79 Å². The lowest BCUT2D eigenvalue weighted by molar-refractivity contribution is -0.124. The maximum Gasteiger partial charge on any atom is 0.234 e. The van der Waals surface area contributed by atoms with Gasteiger partial charge in [0, 0.05) is 18.1 Å². The summed E-state index contributed by atoms with van der Waals surface area (Å²) in [6.07, 6.45) is 2.47. The molecule has 1 aliphatic heterocycles. The van der Waals surface area contributed by atoms with E-state index < -0.39 is 0 Å². The van der Waals surface area contributed by atoms with Gasteiger partial charge in [-0.05, 0) is 59.5 Å². The predicted octanol–water partition coefficient (Wildman–Crippen LogP) is 1.61. The first-order valence-corrected chi connectivity index (χ1v) is 7.58. The number of carbonyl (C=O) groups excluding carboxylic acids is 1. The number of hydrogen-bond acceptors (Lipinski definition) is 3. The van der Waals surface area contributed by atoms with Gasteiger partial charge in [-0.15, -0.1) is 0 Å². The molecule has 1 saturated heterocycles. The Bertz CT molecular complexity index is 286. The average Bonchev–Trinajstić information content (AvgIpc) is 2.27. The molecule has 0 saturated carbocycles. The van der Waals surface area contributed by atoms with Crippen molar-refractivity contribution in [2.45, 2.75) is 59.0 Å². The van der Waals surface area contributed by atoms with Gasteiger partial charge in [-0.1, -0.05) is 6.92 Å². The molecule has 1 aliphatic rings. The van der Waals surface area contributed by atoms with Crippen LogP contribution in [0.2, 0.25) is 0 Å². The van der Waals surface area contributed by atoms with Crippen LogP contribution in [-0.4, -0.2) is 48.6 Å². The summed E-state index contributed by atoms with van der Waals surface area (Å²) in [5, 5.41) is 6.54. The molecule has 1 amide bonds. The second-order valence-electron chi connectivity index (χ2n) is 6.78. The second kappa shape index (κ2) is 7.25. The molecule has 1 rings (SSSR count). The van der Waals surface area contributed by atoms with E-state index in [4.69, 9.17) is 0 Å². The van der Waals surface area contributed by atoms with Crippen LogP contribution in [0, 0.1) is 5.92 Å². The Labute approximate surface area is 118 Å². The molecule has 0 bridgehead atoms. The molecule has 0 radical (unpaired) electrons. The van der Waals surface area contributed by atoms with E-state index in [1.165, 1.54) is 12.8 Å². The zero-order valence-electron chi connectivity index (χ0n) is 13.3. The fraction of sp³-hybridized carbons (Fsp3) is 0.933. The minimum Gasteiger partial charge on any atom is -0.350 e. The Morgan fingerprint density at radius 2 is 2.11 bits per heavy atom. The van der Waals surface area contributed by atoms with Crippen LogP contribution in [0.15, 0.2) is 0 Å². The van der Waals surface area contributed by atoms with Gasteiger partial charge in [0.25, 0.3) is 0 Å². The van der Waals surface area contributed by atoms with Crippen molar-refractivity contribution in [1.29, 1.82) is 0 Å². The summed E-state index contributed by atoms with van der Waals surface area (Å²) in [6, 6.07) is 0.540. The molecule has 2 N–H and O–H groups in total. The smallest absolute Gasteiger partial charge is 0.234 e. The summed E-state index contributed by atoms with van der Waals surface area (Å²) in [4.78, 5) is 14.3. The molecule has 4 nitrogen and oxygen atoms in total. The highest BCUT2D eigenvalue weighted by Crippen LogP contribution is 2.19. The van der Waals surface area contributed by atoms with Crippen molar-refractivity contribution < 1.29 is 4.79 Å². The molecule has 112 valence electrons. The monoisotopic (exact) mass is 269 g/mol. The normalized spacial score (nSPS) is 23.1. The van der Waals surface area contributed by atoms with Crippen LogP contribution < -0.4 is 10.6 Å². The number of nitrogens with zero attached hydrogens (tertiary/aromatic N) is 1. The number of piperidine rings is 1. The Kier molecular flexibility index (Phi) is 6.27. The lowest BCUT2D eigenvalue weighted by atomic mass is 9.91. The van der Waals surface area contributed by atoms with E-state index in [1.807, 2.05) is 20.8 Å². The molecule has 2 unspecified atom stereocenters. The van der Waals surface area contributed by atoms with Crippen molar-refractivity contribution in [3.63, 3.8) is 0 Å². The molecule has 0 aliphatic carbocycles. The fourth-order valence-corrected chi connectivity index (χ4v) is 2.79. The number of nitrogens with one attached hydrogen (secondary N) is 2. The molecule has 0 aromatic carbocycles. The fourth-order valence-electron chi connectivity index (χ4n) is 2.79. The van der Waals surface area contributed by atoms with Crippen molar-refractivity contribution in [3.05, 3.63) is 0 Å². The van der Waals surface area contributed by atoms with E-state index in [-0.39, 0.29) is 11.4 Å². The topological polar surface area (TPSA) is 44.4 Å². The molecule has 4 heteroatoms. The maximum atomic E-state index is 12.0. The molecular weight excluding hydrogens is 238 g/mol. The lowest BCUT2D eigenvalue weighted by Gasteiger charge is -2.36. The van der Waals surface area contributed by atoms with Gasteiger partial charge in [0.05, 0.1) is 6.54 Å². The summed E-state index contributed by atoms with van der Waals surface area (Å²) in [6.45, 7) is 14.1. The molecule has 0 aromatic rings. The van der Waals surface area contributed by atoms with Crippen molar-refractivity contribution in [2.75, 3.05) is 26.2 Å². The first kappa shape index (κ1) is 16.4. The van der Waals surface area contributed by atoms with E-state index in [9.17, 15) is 4.79 Å². The number of likely N-dealkylation sites (tertiary alicyclic amines) is 1. The van der Waals surface area contributed by atoms with Crippen LogP contribution in [0.3, 0.4) is 0 Å². The number of rotatable bonds is 5. The van der Waals surface area contributed by atoms with Gasteiger partial charge in [0.15, 0.2) is 0 Å². The maximum absolute atomic E-state index is 12.0. The van der Waals surface area contributed by atoms with Crippen molar-refractivity contribution in [2.24, 2.45) is 5.92 Å². The standard InChI is InChI=1S/C15H31N3O/c1-6-16-12(2)13-8-7-9-18(10-13)11-14(19)17-15(3,4)5/h12-13,16H,6-11H2,1-5H3,(H,17,19). The molecule has 0 spiro atoms. The molecular formula is C15H31N3O. The lowest BCUT2D eigenvalue weighted by Crippen LogP contribution is -2.50. The third-order valence-corrected chi connectivity index (χ3v) is 3.66. The summed E-state index contributed by atoms with van der Waals surface area (Å²) in [5.41, 5.74) is -0.136. The van der Waals surface area contributed by atoms with Crippen LogP contribution in [0.5, 0.6) is 0 Å². The Morgan fingerprint density at radius 3 is 2.68 bits per heavy atom. The second-order valence-corrected chi connectivity index (χ2v) is 6.78. The summed E-state index contributed by atoms with van der Waals surface area (Å²) >= 11 is 0. The highest BCUT2D eigenvalue weighted by Gasteiger charge is 2.26. The molecule has 0 aromatic heterocycles. The third-order valence-electron chi connectivity index (χ3n) is 3.66. The van der Waals surface area contributed by atoms with Crippen LogP contribution in [0.25, 0.3) is 0 Å². The third kappa shape index (κ3) is 6.39. The average molecular weight is 269 g/mol. The summed E-state index contributed by atoms with van der Waals surface area (Å²) < 4.78 is 0. The van der Waals surface area contributed by atoms with Crippen molar-refractivity contribution in [3.8, 4) is 0 Å². The van der Waals surface area contributed by atoms with E-state index >= 15 is 0 Å². The van der Waals surface area contributed by atoms with Gasteiger partial charge >= 0.3 is 0 Å². The highest BCUT2D eigenvalue weighted by atomic mass is 16.2. The van der Waals surface area contributed by atoms with Crippen LogP contribution >= 0.6 is 0 Å². The Balaban J connectivity index is 2.40. The first-order valence-electron chi connectivity index (χ1n) is 7.58. The summed E-state index contributed by atoms with van der Waals surface area (Å²) in [5.74, 6) is 0.806. The quantitative estimate of drug-likeness (QED) is 0.797. The Morgan fingerprint density at radius 1 is 1.42 bits per heavy atom. The van der Waals surface area contributed by atoms with Crippen molar-refractivity contribution in [1.82, 2.24) is 15.5 Å². The molecule has 1 fully saturated rings. The van der Waals surface area contributed by atoms with Gasteiger partial charge in [-0.2, -0.15) is 0 Å². The molecule has 19 heavy (non-hydrogen) atoms. The Hall–Kier alpha value is -0.610. The van der Waals surface area contributed by atoms with E-state index in [1.54, 1.807) is 0 Å². The van der Waals surface area contributed by atoms with E-state index in [0.29, 0.717) is 18.5 Å². The largest absolute Gasteiger partial charge is 0.350 e. The SMILES string of the molecule is CCNC(C)C1CCCN(CC(=O)NC(C)(C)C)C1. The zero-order chi connectivity index (χ0) is 14.5. The van der Waals surface area contributed by atoms with E-state index in [2.05, 4.69) is 29.4 Å². The highest BCUT2D eigenvalue weighted by molar-refractivity contribution is 5.78. The van der Waals surface area contributed by atoms with Crippen LogP contribution in [0.4, 0.5) is 0 Å². The predicted molar refractivity (Wildman–Crippen MR) is 80.2 cm³/mol. The van der Waals surface area contributed by atoms with Gasteiger partial charge in [0.1, 0.15) is 0 Å².